The van der Waals surface area contributed by atoms with Crippen LogP contribution in [0.1, 0.15) is 83.5 Å². The quantitative estimate of drug-likeness (QED) is 0.250. The average Bonchev–Trinajstić information content (AvgIpc) is 2.46. The predicted octanol–water partition coefficient (Wildman–Crippen LogP) is 4.35. The maximum atomic E-state index is 11.2. The Hall–Kier alpha value is -1.65. The van der Waals surface area contributed by atoms with Crippen molar-refractivity contribution in [2.24, 2.45) is 0 Å². The second-order valence-electron chi connectivity index (χ2n) is 5.88. The lowest BCUT2D eigenvalue weighted by Gasteiger charge is -1.99. The van der Waals surface area contributed by atoms with Crippen LogP contribution >= 0.6 is 0 Å². The van der Waals surface area contributed by atoms with Crippen molar-refractivity contribution in [3.05, 3.63) is 12.2 Å². The van der Waals surface area contributed by atoms with Gasteiger partial charge in [-0.1, -0.05) is 37.8 Å². The van der Waals surface area contributed by atoms with Crippen molar-refractivity contribution in [1.29, 1.82) is 0 Å². The van der Waals surface area contributed by atoms with Gasteiger partial charge in [-0.15, -0.1) is 0 Å². The number of rotatable bonds is 16. The fourth-order valence-corrected chi connectivity index (χ4v) is 2.32. The fourth-order valence-electron chi connectivity index (χ4n) is 2.32. The Labute approximate surface area is 138 Å². The predicted molar refractivity (Wildman–Crippen MR) is 89.4 cm³/mol. The molecule has 0 fully saturated rings. The normalized spacial score (nSPS) is 11.0. The second kappa shape index (κ2) is 15.3. The summed E-state index contributed by atoms with van der Waals surface area (Å²) in [6, 6.07) is 0. The lowest BCUT2D eigenvalue weighted by molar-refractivity contribution is -0.140. The van der Waals surface area contributed by atoms with E-state index in [1.165, 1.54) is 0 Å². The van der Waals surface area contributed by atoms with Crippen LogP contribution in [0.25, 0.3) is 0 Å². The average molecular weight is 326 g/mol. The molecular weight excluding hydrogens is 296 g/mol. The summed E-state index contributed by atoms with van der Waals surface area (Å²) in [6.07, 6.45) is 14.7. The molecule has 0 aromatic heterocycles. The molecule has 0 bridgehead atoms. The van der Waals surface area contributed by atoms with Crippen LogP contribution in [0.3, 0.4) is 0 Å². The van der Waals surface area contributed by atoms with E-state index in [0.717, 1.165) is 64.2 Å². The first-order valence-corrected chi connectivity index (χ1v) is 8.62. The van der Waals surface area contributed by atoms with Crippen LogP contribution in [0.15, 0.2) is 12.2 Å². The highest BCUT2D eigenvalue weighted by atomic mass is 16.4. The number of allylic oxidation sites excluding steroid dienone is 2. The highest BCUT2D eigenvalue weighted by molar-refractivity contribution is 5.94. The van der Waals surface area contributed by atoms with E-state index in [2.05, 4.69) is 12.2 Å². The van der Waals surface area contributed by atoms with Crippen LogP contribution in [0, 0.1) is 0 Å². The Morgan fingerprint density at radius 2 is 1.09 bits per heavy atom. The van der Waals surface area contributed by atoms with Gasteiger partial charge in [0.05, 0.1) is 0 Å². The zero-order chi connectivity index (χ0) is 17.3. The van der Waals surface area contributed by atoms with Crippen molar-refractivity contribution in [1.82, 2.24) is 0 Å². The van der Waals surface area contributed by atoms with Gasteiger partial charge in [0.25, 0.3) is 0 Å². The highest BCUT2D eigenvalue weighted by Gasteiger charge is 2.06. The van der Waals surface area contributed by atoms with E-state index in [0.29, 0.717) is 6.42 Å². The van der Waals surface area contributed by atoms with Crippen LogP contribution in [0.2, 0.25) is 0 Å². The zero-order valence-corrected chi connectivity index (χ0v) is 14.0. The van der Waals surface area contributed by atoms with Gasteiger partial charge in [-0.3, -0.25) is 14.4 Å². The van der Waals surface area contributed by atoms with Crippen molar-refractivity contribution in [2.45, 2.75) is 83.5 Å². The SMILES string of the molecule is O=C(O)CCCCCCC/C=C\CCCCCC(=O)CC(=O)O. The van der Waals surface area contributed by atoms with Crippen molar-refractivity contribution < 1.29 is 24.6 Å². The minimum atomic E-state index is -1.04. The van der Waals surface area contributed by atoms with Crippen LogP contribution in [-0.4, -0.2) is 27.9 Å². The molecule has 0 heterocycles. The number of carbonyl (C=O) groups is 3. The fraction of sp³-hybridized carbons (Fsp3) is 0.722. The molecule has 0 saturated heterocycles. The number of carbonyl (C=O) groups excluding carboxylic acids is 1. The number of unbranched alkanes of at least 4 members (excludes halogenated alkanes) is 8. The van der Waals surface area contributed by atoms with E-state index >= 15 is 0 Å². The molecule has 0 aliphatic rings. The Bertz CT molecular complexity index is 374. The molecule has 0 atom stereocenters. The number of carboxylic acid groups (broad SMARTS) is 2. The number of hydrogen-bond donors (Lipinski definition) is 2. The number of Topliss-reactive ketones (excluding diaryl/α,β-unsaturated/α-hetero) is 1. The molecule has 0 rings (SSSR count). The molecule has 0 unspecified atom stereocenters. The Kier molecular flexibility index (Phi) is 14.2. The lowest BCUT2D eigenvalue weighted by Crippen LogP contribution is -2.05. The summed E-state index contributed by atoms with van der Waals surface area (Å²) >= 11 is 0. The second-order valence-corrected chi connectivity index (χ2v) is 5.88. The number of aliphatic carboxylic acids is 2. The first kappa shape index (κ1) is 21.4. The maximum absolute atomic E-state index is 11.2. The molecule has 0 aromatic carbocycles. The molecule has 0 spiro atoms. The van der Waals surface area contributed by atoms with Crippen LogP contribution in [0.5, 0.6) is 0 Å². The minimum Gasteiger partial charge on any atom is -0.481 e. The smallest absolute Gasteiger partial charge is 0.310 e. The summed E-state index contributed by atoms with van der Waals surface area (Å²) in [5.74, 6) is -1.93. The first-order valence-electron chi connectivity index (χ1n) is 8.62. The van der Waals surface area contributed by atoms with Gasteiger partial charge in [0.15, 0.2) is 0 Å². The van der Waals surface area contributed by atoms with Crippen LogP contribution < -0.4 is 0 Å². The summed E-state index contributed by atoms with van der Waals surface area (Å²) in [4.78, 5) is 31.8. The molecule has 5 nitrogen and oxygen atoms in total. The monoisotopic (exact) mass is 326 g/mol. The first-order chi connectivity index (χ1) is 11.0. The van der Waals surface area contributed by atoms with Gasteiger partial charge in [-0.25, -0.2) is 0 Å². The van der Waals surface area contributed by atoms with E-state index in [9.17, 15) is 14.4 Å². The molecule has 0 amide bonds. The maximum Gasteiger partial charge on any atom is 0.310 e. The number of hydrogen-bond acceptors (Lipinski definition) is 3. The standard InChI is InChI=1S/C18H30O5/c19-16(15-18(22)23)13-11-9-7-5-3-1-2-4-6-8-10-12-14-17(20)21/h1,3H,2,4-15H2,(H,20,21)(H,22,23)/b3-1-. The minimum absolute atomic E-state index is 0.184. The van der Waals surface area contributed by atoms with Crippen LogP contribution in [-0.2, 0) is 14.4 Å². The molecule has 0 saturated carbocycles. The van der Waals surface area contributed by atoms with Gasteiger partial charge < -0.3 is 10.2 Å². The van der Waals surface area contributed by atoms with Gasteiger partial charge in [0.2, 0.25) is 0 Å². The van der Waals surface area contributed by atoms with Gasteiger partial charge in [-0.05, 0) is 38.5 Å². The Morgan fingerprint density at radius 3 is 1.65 bits per heavy atom. The van der Waals surface area contributed by atoms with Gasteiger partial charge >= 0.3 is 11.9 Å². The molecule has 0 radical (unpaired) electrons. The summed E-state index contributed by atoms with van der Waals surface area (Å²) in [6.45, 7) is 0. The van der Waals surface area contributed by atoms with E-state index in [4.69, 9.17) is 10.2 Å². The van der Waals surface area contributed by atoms with Crippen molar-refractivity contribution in [3.8, 4) is 0 Å². The molecule has 0 aliphatic carbocycles. The van der Waals surface area contributed by atoms with E-state index in [1.54, 1.807) is 0 Å². The Balaban J connectivity index is 3.24. The summed E-state index contributed by atoms with van der Waals surface area (Å²) < 4.78 is 0. The molecule has 132 valence electrons. The molecule has 0 aromatic rings. The lowest BCUT2D eigenvalue weighted by atomic mass is 10.1. The molecular formula is C18H30O5. The van der Waals surface area contributed by atoms with E-state index in [1.807, 2.05) is 0 Å². The van der Waals surface area contributed by atoms with Gasteiger partial charge in [0.1, 0.15) is 12.2 Å². The third-order valence-electron chi connectivity index (χ3n) is 3.60. The Morgan fingerprint density at radius 1 is 0.609 bits per heavy atom. The highest BCUT2D eigenvalue weighted by Crippen LogP contribution is 2.09. The van der Waals surface area contributed by atoms with E-state index in [-0.39, 0.29) is 18.6 Å². The topological polar surface area (TPSA) is 91.7 Å². The van der Waals surface area contributed by atoms with Gasteiger partial charge in [0, 0.05) is 12.8 Å². The summed E-state index contributed by atoms with van der Waals surface area (Å²) in [5.41, 5.74) is 0. The van der Waals surface area contributed by atoms with Crippen molar-refractivity contribution in [2.75, 3.05) is 0 Å². The molecule has 2 N–H and O–H groups in total. The molecule has 0 aliphatic heterocycles. The number of carboxylic acids is 2. The van der Waals surface area contributed by atoms with Crippen LogP contribution in [0.4, 0.5) is 0 Å². The van der Waals surface area contributed by atoms with E-state index < -0.39 is 11.9 Å². The third-order valence-corrected chi connectivity index (χ3v) is 3.60. The third kappa shape index (κ3) is 18.3. The van der Waals surface area contributed by atoms with Gasteiger partial charge in [-0.2, -0.15) is 0 Å². The van der Waals surface area contributed by atoms with Crippen molar-refractivity contribution >= 4 is 17.7 Å². The van der Waals surface area contributed by atoms with Crippen molar-refractivity contribution in [3.63, 3.8) is 0 Å². The largest absolute Gasteiger partial charge is 0.481 e. The number of ketones is 1. The summed E-state index contributed by atoms with van der Waals surface area (Å²) in [7, 11) is 0. The summed E-state index contributed by atoms with van der Waals surface area (Å²) in [5, 5.41) is 17.0. The molecule has 5 heteroatoms. The zero-order valence-electron chi connectivity index (χ0n) is 14.0. The molecule has 23 heavy (non-hydrogen) atoms.